The summed E-state index contributed by atoms with van der Waals surface area (Å²) in [6, 6.07) is 154. The fourth-order valence-corrected chi connectivity index (χ4v) is 21.8. The number of hydrogen-bond acceptors (Lipinski definition) is 4. The van der Waals surface area contributed by atoms with Crippen LogP contribution in [-0.2, 0) is 42.3 Å². The third-order valence-corrected chi connectivity index (χ3v) is 28.2. The fraction of sp³-hybridized carbons (Fsp3) is 0.0488. The number of hydrogen-bond donors (Lipinski definition) is 0. The largest absolute Gasteiger partial charge is 0.455 e. The maximum Gasteiger partial charge on any atom is 0.215 e. The molecule has 0 N–H and O–H groups in total. The SMILES string of the molecule is Cn1c2ccc(-c3ccccc3)cc2n2c3ccccc3nc12.Cn1c2ccccc2c2c1ccc1c3ccccc3n(-c3ccccc3)c12.Cn1c2ccccc2c2c3oc4ccccc4c3ccc21.Cn1c2ccccc2c2ccc3c(c4ccccc4n3-c3ccccc3)c21.Cn1c2ccccc2n2c3cc(-c4ccccc4)ccc3nc12.Cn1c2ccccc2n2c3ccccc3nc12. The van der Waals surface area contributed by atoms with Crippen molar-refractivity contribution in [1.82, 2.24) is 64.7 Å². The first-order chi connectivity index (χ1) is 68.0. The molecule has 0 radical (unpaired) electrons. The standard InChI is InChI=1S/2C25H18N2.2C20H15N3.C19H13NO.C14H11N3/c1-26-21-13-7-6-12-20(21)24-23(26)16-15-19-18-11-5-8-14-22(18)27(25(19)24)17-9-3-2-4-10-17;1-26-21-13-7-5-11-18(21)19-15-16-23-24(25(19)26)20-12-6-8-14-22(20)27(23)17-9-3-2-4-10-17;1-22-17-9-5-6-10-18(17)23-19-13-15(14-7-3-2-4-8-14)11-12-16(19)21-20(22)23;1-22-18-12-11-15(14-7-3-2-4-8-14)13-19(18)23-17-10-6-5-9-16(17)21-20(22)23;1-20-15-8-4-2-7-14(15)18-16(20)11-10-13-12-6-3-5-9-17(12)21-19(13)18;1-16-12-8-4-5-9-13(12)17-11-7-3-2-6-10(11)15-14(16)17/h2*2-16H,1H3;2*2-13H,1H3;2-11H,1H3;2-9H,1H3. The molecule has 12 heterocycles. The van der Waals surface area contributed by atoms with Crippen molar-refractivity contribution in [3.05, 3.63) is 437 Å². The number of furan rings is 1. The summed E-state index contributed by atoms with van der Waals surface area (Å²) in [5, 5.41) is 15.3. The molecule has 15 nitrogen and oxygen atoms in total. The first-order valence-electron chi connectivity index (χ1n) is 46.8. The second-order valence-corrected chi connectivity index (χ2v) is 35.8. The Labute approximate surface area is 791 Å². The maximum atomic E-state index is 6.17. The van der Waals surface area contributed by atoms with Crippen LogP contribution in [0.2, 0.25) is 0 Å². The number of nitrogens with zero attached hydrogens (tertiary/aromatic N) is 14. The average molecular weight is 1780 g/mol. The molecule has 0 bridgehead atoms. The van der Waals surface area contributed by atoms with E-state index in [1.54, 1.807) is 0 Å². The van der Waals surface area contributed by atoms with Crippen molar-refractivity contribution in [3.8, 4) is 33.6 Å². The van der Waals surface area contributed by atoms with E-state index in [1.165, 1.54) is 192 Å². The smallest absolute Gasteiger partial charge is 0.215 e. The highest BCUT2D eigenvalue weighted by atomic mass is 16.3. The van der Waals surface area contributed by atoms with E-state index in [-0.39, 0.29) is 0 Å². The first kappa shape index (κ1) is 80.6. The van der Waals surface area contributed by atoms with Crippen LogP contribution in [0.4, 0.5) is 0 Å². The van der Waals surface area contributed by atoms with Crippen LogP contribution in [-0.4, -0.2) is 64.7 Å². The number of benzene rings is 19. The van der Waals surface area contributed by atoms with Gasteiger partial charge >= 0.3 is 0 Å². The highest BCUT2D eigenvalue weighted by Gasteiger charge is 2.25. The van der Waals surface area contributed by atoms with Crippen LogP contribution in [0, 0.1) is 0 Å². The third-order valence-electron chi connectivity index (χ3n) is 28.2. The van der Waals surface area contributed by atoms with Gasteiger partial charge in [0.1, 0.15) is 11.2 Å². The summed E-state index contributed by atoms with van der Waals surface area (Å²) in [5.41, 5.74) is 35.6. The number of aromatic nitrogens is 14. The molecule has 0 atom stereocenters. The van der Waals surface area contributed by atoms with Crippen LogP contribution in [0.3, 0.4) is 0 Å². The molecule has 12 aromatic heterocycles. The zero-order chi connectivity index (χ0) is 92.1. The van der Waals surface area contributed by atoms with Crippen LogP contribution in [0.15, 0.2) is 441 Å². The normalized spacial score (nSPS) is 11.8. The van der Waals surface area contributed by atoms with E-state index in [0.717, 1.165) is 56.1 Å². The van der Waals surface area contributed by atoms with Crippen LogP contribution in [0.5, 0.6) is 0 Å². The van der Waals surface area contributed by atoms with Gasteiger partial charge in [-0.05, 0) is 180 Å². The molecule has 0 saturated carbocycles. The number of fused-ring (bicyclic) bond motifs is 36. The molecular weight excluding hydrogens is 1690 g/mol. The lowest BCUT2D eigenvalue weighted by molar-refractivity contribution is 0.673. The van der Waals surface area contributed by atoms with Gasteiger partial charge in [0.25, 0.3) is 0 Å². The molecule has 0 unspecified atom stereocenters. The number of imidazole rings is 6. The van der Waals surface area contributed by atoms with Crippen molar-refractivity contribution >= 4 is 215 Å². The molecule has 31 aromatic rings. The van der Waals surface area contributed by atoms with E-state index in [0.29, 0.717) is 0 Å². The Kier molecular flexibility index (Phi) is 18.9. The summed E-state index contributed by atoms with van der Waals surface area (Å²) >= 11 is 0. The van der Waals surface area contributed by atoms with Crippen molar-refractivity contribution in [3.63, 3.8) is 0 Å². The Morgan fingerprint density at radius 1 is 0.181 bits per heavy atom. The maximum absolute atomic E-state index is 6.17. The summed E-state index contributed by atoms with van der Waals surface area (Å²) < 4.78 is 31.0. The topological polar surface area (TPSA) is 104 Å². The third kappa shape index (κ3) is 12.6. The quantitative estimate of drug-likeness (QED) is 0.175. The van der Waals surface area contributed by atoms with Gasteiger partial charge in [-0.3, -0.25) is 13.2 Å². The molecule has 0 amide bonds. The zero-order valence-corrected chi connectivity index (χ0v) is 76.7. The molecule has 19 aromatic carbocycles. The minimum atomic E-state index is 0.952. The van der Waals surface area contributed by atoms with Crippen LogP contribution < -0.4 is 0 Å². The Bertz CT molecular complexity index is 10300. The molecule has 31 rings (SSSR count). The minimum absolute atomic E-state index is 0.952. The summed E-state index contributed by atoms with van der Waals surface area (Å²) in [5.74, 6) is 2.95. The van der Waals surface area contributed by atoms with E-state index in [9.17, 15) is 0 Å². The first-order valence-corrected chi connectivity index (χ1v) is 46.8. The molecule has 138 heavy (non-hydrogen) atoms. The van der Waals surface area contributed by atoms with Crippen molar-refractivity contribution in [2.24, 2.45) is 42.3 Å². The Hall–Kier alpha value is -18.2. The van der Waals surface area contributed by atoms with Crippen molar-refractivity contribution < 1.29 is 4.42 Å². The second kappa shape index (κ2) is 32.3. The highest BCUT2D eigenvalue weighted by Crippen LogP contribution is 2.45. The van der Waals surface area contributed by atoms with Gasteiger partial charge in [-0.25, -0.2) is 15.0 Å². The molecule has 0 saturated heterocycles. The molecule has 0 spiro atoms. The Morgan fingerprint density at radius 3 is 1.06 bits per heavy atom. The van der Waals surface area contributed by atoms with E-state index in [1.807, 2.05) is 36.4 Å². The molecular formula is C123H90N14O. The molecule has 0 aliphatic rings. The summed E-state index contributed by atoms with van der Waals surface area (Å²) in [6.07, 6.45) is 0. The van der Waals surface area contributed by atoms with Gasteiger partial charge in [-0.15, -0.1) is 0 Å². The van der Waals surface area contributed by atoms with Crippen LogP contribution >= 0.6 is 0 Å². The lowest BCUT2D eigenvalue weighted by atomic mass is 10.1. The van der Waals surface area contributed by atoms with Gasteiger partial charge in [-0.1, -0.05) is 279 Å². The van der Waals surface area contributed by atoms with Gasteiger partial charge < -0.3 is 41.0 Å². The summed E-state index contributed by atoms with van der Waals surface area (Å²) in [7, 11) is 12.7. The van der Waals surface area contributed by atoms with E-state index in [2.05, 4.69) is 497 Å². The molecule has 15 heteroatoms. The zero-order valence-electron chi connectivity index (χ0n) is 76.7. The molecule has 0 aliphatic carbocycles. The van der Waals surface area contributed by atoms with E-state index < -0.39 is 0 Å². The fourth-order valence-electron chi connectivity index (χ4n) is 21.8. The minimum Gasteiger partial charge on any atom is -0.455 e. The van der Waals surface area contributed by atoms with Crippen molar-refractivity contribution in [2.45, 2.75) is 0 Å². The van der Waals surface area contributed by atoms with Crippen molar-refractivity contribution in [1.29, 1.82) is 0 Å². The van der Waals surface area contributed by atoms with Gasteiger partial charge in [-0.2, -0.15) is 0 Å². The van der Waals surface area contributed by atoms with E-state index >= 15 is 0 Å². The lowest BCUT2D eigenvalue weighted by Gasteiger charge is -2.08. The monoisotopic (exact) mass is 1780 g/mol. The number of rotatable bonds is 4. The average Bonchev–Trinajstić information content (AvgIpc) is 1.56. The lowest BCUT2D eigenvalue weighted by Crippen LogP contribution is -1.93. The highest BCUT2D eigenvalue weighted by molar-refractivity contribution is 6.28. The van der Waals surface area contributed by atoms with Gasteiger partial charge in [0.2, 0.25) is 17.3 Å². The van der Waals surface area contributed by atoms with Gasteiger partial charge in [0, 0.05) is 129 Å². The predicted molar refractivity (Wildman–Crippen MR) is 576 cm³/mol. The summed E-state index contributed by atoms with van der Waals surface area (Å²) in [6.45, 7) is 0. The van der Waals surface area contributed by atoms with Gasteiger partial charge in [0.15, 0.2) is 0 Å². The Balaban J connectivity index is 0.0000000860. The number of aryl methyl sites for hydroxylation is 6. The number of para-hydroxylation sites is 16. The van der Waals surface area contributed by atoms with Crippen LogP contribution in [0.25, 0.3) is 248 Å². The Morgan fingerprint density at radius 2 is 0.514 bits per heavy atom. The van der Waals surface area contributed by atoms with Crippen LogP contribution in [0.1, 0.15) is 0 Å². The second-order valence-electron chi connectivity index (χ2n) is 35.8. The van der Waals surface area contributed by atoms with Gasteiger partial charge in [0.05, 0.1) is 110 Å². The van der Waals surface area contributed by atoms with E-state index in [4.69, 9.17) is 14.4 Å². The van der Waals surface area contributed by atoms with Crippen molar-refractivity contribution in [2.75, 3.05) is 0 Å². The molecule has 658 valence electrons. The predicted octanol–water partition coefficient (Wildman–Crippen LogP) is 30.4. The molecule has 0 aliphatic heterocycles. The molecule has 0 fully saturated rings. The summed E-state index contributed by atoms with van der Waals surface area (Å²) in [4.78, 5) is 14.3.